The van der Waals surface area contributed by atoms with Crippen LogP contribution >= 0.6 is 11.6 Å². The quantitative estimate of drug-likeness (QED) is 0.873. The molecule has 3 nitrogen and oxygen atoms in total. The maximum atomic E-state index is 12.0. The first-order valence-corrected chi connectivity index (χ1v) is 6.22. The summed E-state index contributed by atoms with van der Waals surface area (Å²) in [6, 6.07) is 10.1. The Bertz CT molecular complexity index is 638. The molecular formula is C15H14ClNO2. The number of hydrogen-bond acceptors (Lipinski definition) is 2. The van der Waals surface area contributed by atoms with Crippen molar-refractivity contribution in [2.24, 2.45) is 0 Å². The number of carbonyl (C=O) groups is 1. The van der Waals surface area contributed by atoms with Gasteiger partial charge in [0.15, 0.2) is 0 Å². The summed E-state index contributed by atoms with van der Waals surface area (Å²) in [5.74, 6) is -0.297. The van der Waals surface area contributed by atoms with Gasteiger partial charge in [0.05, 0.1) is 5.02 Å². The van der Waals surface area contributed by atoms with E-state index in [1.54, 1.807) is 0 Å². The van der Waals surface area contributed by atoms with Crippen molar-refractivity contribution in [2.45, 2.75) is 13.8 Å². The largest absolute Gasteiger partial charge is 0.506 e. The molecule has 0 aliphatic carbocycles. The van der Waals surface area contributed by atoms with Gasteiger partial charge in [0.2, 0.25) is 0 Å². The van der Waals surface area contributed by atoms with Crippen LogP contribution in [0.2, 0.25) is 5.02 Å². The zero-order valence-corrected chi connectivity index (χ0v) is 11.5. The second-order valence-corrected chi connectivity index (χ2v) is 4.83. The van der Waals surface area contributed by atoms with Gasteiger partial charge in [-0.2, -0.15) is 0 Å². The zero-order chi connectivity index (χ0) is 14.0. The van der Waals surface area contributed by atoms with E-state index in [0.717, 1.165) is 11.3 Å². The van der Waals surface area contributed by atoms with Crippen LogP contribution in [-0.2, 0) is 0 Å². The molecule has 0 spiro atoms. The number of halogens is 1. The lowest BCUT2D eigenvalue weighted by Gasteiger charge is -2.08. The fourth-order valence-electron chi connectivity index (χ4n) is 1.67. The Balaban J connectivity index is 2.20. The molecule has 0 heterocycles. The SMILES string of the molecule is Cc1ccc(NC(=O)c2ccc(O)c(Cl)c2)cc1C. The second-order valence-electron chi connectivity index (χ2n) is 4.42. The Hall–Kier alpha value is -2.00. The van der Waals surface area contributed by atoms with Gasteiger partial charge in [-0.1, -0.05) is 17.7 Å². The summed E-state index contributed by atoms with van der Waals surface area (Å²) in [5.41, 5.74) is 3.42. The van der Waals surface area contributed by atoms with Crippen molar-refractivity contribution in [3.05, 3.63) is 58.1 Å². The van der Waals surface area contributed by atoms with E-state index in [1.165, 1.54) is 23.8 Å². The van der Waals surface area contributed by atoms with Crippen LogP contribution < -0.4 is 5.32 Å². The summed E-state index contributed by atoms with van der Waals surface area (Å²) >= 11 is 5.78. The van der Waals surface area contributed by atoms with Crippen LogP contribution in [0.5, 0.6) is 5.75 Å². The first kappa shape index (κ1) is 13.4. The Kier molecular flexibility index (Phi) is 3.76. The van der Waals surface area contributed by atoms with Crippen LogP contribution in [0.25, 0.3) is 0 Å². The summed E-state index contributed by atoms with van der Waals surface area (Å²) in [7, 11) is 0. The summed E-state index contributed by atoms with van der Waals surface area (Å²) < 4.78 is 0. The molecule has 98 valence electrons. The van der Waals surface area contributed by atoms with Gasteiger partial charge >= 0.3 is 0 Å². The van der Waals surface area contributed by atoms with Crippen LogP contribution in [-0.4, -0.2) is 11.0 Å². The third-order valence-electron chi connectivity index (χ3n) is 2.97. The molecule has 2 rings (SSSR count). The Morgan fingerprint density at radius 1 is 1.11 bits per heavy atom. The fourth-order valence-corrected chi connectivity index (χ4v) is 1.85. The van der Waals surface area contributed by atoms with Crippen LogP contribution in [0.3, 0.4) is 0 Å². The molecule has 0 unspecified atom stereocenters. The molecular weight excluding hydrogens is 262 g/mol. The molecule has 0 bridgehead atoms. The van der Waals surface area contributed by atoms with Gasteiger partial charge in [0.1, 0.15) is 5.75 Å². The molecule has 4 heteroatoms. The molecule has 0 radical (unpaired) electrons. The predicted octanol–water partition coefficient (Wildman–Crippen LogP) is 3.91. The molecule has 2 aromatic rings. The number of anilines is 1. The number of carbonyl (C=O) groups excluding carboxylic acids is 1. The van der Waals surface area contributed by atoms with E-state index in [0.29, 0.717) is 5.56 Å². The van der Waals surface area contributed by atoms with Crippen LogP contribution in [0.15, 0.2) is 36.4 Å². The van der Waals surface area contributed by atoms with Gasteiger partial charge in [0.25, 0.3) is 5.91 Å². The van der Waals surface area contributed by atoms with E-state index in [9.17, 15) is 9.90 Å². The Morgan fingerprint density at radius 3 is 2.47 bits per heavy atom. The number of aromatic hydroxyl groups is 1. The van der Waals surface area contributed by atoms with E-state index in [4.69, 9.17) is 11.6 Å². The fraction of sp³-hybridized carbons (Fsp3) is 0.133. The van der Waals surface area contributed by atoms with E-state index in [2.05, 4.69) is 5.32 Å². The summed E-state index contributed by atoms with van der Waals surface area (Å²) in [6.45, 7) is 4.00. The number of nitrogens with one attached hydrogen (secondary N) is 1. The van der Waals surface area contributed by atoms with E-state index >= 15 is 0 Å². The molecule has 0 atom stereocenters. The molecule has 0 fully saturated rings. The highest BCUT2D eigenvalue weighted by atomic mass is 35.5. The second kappa shape index (κ2) is 5.33. The Morgan fingerprint density at radius 2 is 1.84 bits per heavy atom. The van der Waals surface area contributed by atoms with Gasteiger partial charge in [0, 0.05) is 11.3 Å². The monoisotopic (exact) mass is 275 g/mol. The van der Waals surface area contributed by atoms with Crippen molar-refractivity contribution in [3.63, 3.8) is 0 Å². The number of amides is 1. The van der Waals surface area contributed by atoms with Gasteiger partial charge < -0.3 is 10.4 Å². The van der Waals surface area contributed by atoms with Crippen molar-refractivity contribution in [1.29, 1.82) is 0 Å². The van der Waals surface area contributed by atoms with Gasteiger partial charge in [-0.15, -0.1) is 0 Å². The number of phenols is 1. The molecule has 0 aromatic heterocycles. The third kappa shape index (κ3) is 3.06. The lowest BCUT2D eigenvalue weighted by Crippen LogP contribution is -2.11. The smallest absolute Gasteiger partial charge is 0.255 e. The number of rotatable bonds is 2. The van der Waals surface area contributed by atoms with Crippen LogP contribution in [0.4, 0.5) is 5.69 Å². The maximum absolute atomic E-state index is 12.0. The van der Waals surface area contributed by atoms with Gasteiger partial charge in [-0.3, -0.25) is 4.79 Å². The molecule has 1 amide bonds. The maximum Gasteiger partial charge on any atom is 0.255 e. The highest BCUT2D eigenvalue weighted by molar-refractivity contribution is 6.32. The first-order valence-electron chi connectivity index (χ1n) is 5.84. The normalized spacial score (nSPS) is 10.3. The summed E-state index contributed by atoms with van der Waals surface area (Å²) in [4.78, 5) is 12.0. The molecule has 0 aliphatic heterocycles. The molecule has 0 saturated carbocycles. The minimum atomic E-state index is -0.259. The molecule has 0 aliphatic rings. The third-order valence-corrected chi connectivity index (χ3v) is 3.28. The Labute approximate surface area is 116 Å². The van der Waals surface area contributed by atoms with E-state index in [-0.39, 0.29) is 16.7 Å². The van der Waals surface area contributed by atoms with Crippen LogP contribution in [0.1, 0.15) is 21.5 Å². The molecule has 0 saturated heterocycles. The molecule has 19 heavy (non-hydrogen) atoms. The van der Waals surface area contributed by atoms with E-state index in [1.807, 2.05) is 32.0 Å². The van der Waals surface area contributed by atoms with Crippen molar-refractivity contribution >= 4 is 23.2 Å². The molecule has 2 N–H and O–H groups in total. The predicted molar refractivity (Wildman–Crippen MR) is 77.0 cm³/mol. The van der Waals surface area contributed by atoms with Gasteiger partial charge in [-0.05, 0) is 55.3 Å². The highest BCUT2D eigenvalue weighted by Crippen LogP contribution is 2.24. The average molecular weight is 276 g/mol. The summed E-state index contributed by atoms with van der Waals surface area (Å²) in [6.07, 6.45) is 0. The van der Waals surface area contributed by atoms with Crippen molar-refractivity contribution in [1.82, 2.24) is 0 Å². The zero-order valence-electron chi connectivity index (χ0n) is 10.7. The first-order chi connectivity index (χ1) is 8.97. The lowest BCUT2D eigenvalue weighted by molar-refractivity contribution is 0.102. The summed E-state index contributed by atoms with van der Waals surface area (Å²) in [5, 5.41) is 12.3. The van der Waals surface area contributed by atoms with E-state index < -0.39 is 0 Å². The highest BCUT2D eigenvalue weighted by Gasteiger charge is 2.09. The number of hydrogen-bond donors (Lipinski definition) is 2. The topological polar surface area (TPSA) is 49.3 Å². The molecule has 2 aromatic carbocycles. The van der Waals surface area contributed by atoms with Crippen molar-refractivity contribution in [3.8, 4) is 5.75 Å². The standard InChI is InChI=1S/C15H14ClNO2/c1-9-3-5-12(7-10(9)2)17-15(19)11-4-6-14(18)13(16)8-11/h3-8,18H,1-2H3,(H,17,19). The van der Waals surface area contributed by atoms with Gasteiger partial charge in [-0.25, -0.2) is 0 Å². The lowest BCUT2D eigenvalue weighted by atomic mass is 10.1. The minimum absolute atomic E-state index is 0.0376. The van der Waals surface area contributed by atoms with Crippen LogP contribution in [0, 0.1) is 13.8 Å². The van der Waals surface area contributed by atoms with Crippen molar-refractivity contribution in [2.75, 3.05) is 5.32 Å². The number of benzene rings is 2. The average Bonchev–Trinajstić information content (AvgIpc) is 2.37. The minimum Gasteiger partial charge on any atom is -0.506 e. The number of phenolic OH excluding ortho intramolecular Hbond substituents is 1. The number of aryl methyl sites for hydroxylation is 2. The van der Waals surface area contributed by atoms with Crippen molar-refractivity contribution < 1.29 is 9.90 Å².